The van der Waals surface area contributed by atoms with Gasteiger partial charge in [-0.3, -0.25) is 0 Å². The SMILES string of the molecule is CNC(C)c1ccc(N(CCO)C2CC2)c(Br)c1. The maximum absolute atomic E-state index is 9.18. The number of aliphatic hydroxyl groups is 1. The second kappa shape index (κ2) is 6.04. The third kappa shape index (κ3) is 3.05. The van der Waals surface area contributed by atoms with E-state index in [4.69, 9.17) is 0 Å². The fraction of sp³-hybridized carbons (Fsp3) is 0.571. The van der Waals surface area contributed by atoms with Gasteiger partial charge in [-0.05, 0) is 60.4 Å². The Bertz CT molecular complexity index is 407. The van der Waals surface area contributed by atoms with Gasteiger partial charge >= 0.3 is 0 Å². The molecule has 0 heterocycles. The lowest BCUT2D eigenvalue weighted by atomic mass is 10.1. The fourth-order valence-corrected chi connectivity index (χ4v) is 2.81. The van der Waals surface area contributed by atoms with Crippen LogP contribution in [0.15, 0.2) is 22.7 Å². The molecule has 0 aromatic heterocycles. The minimum atomic E-state index is 0.206. The molecule has 1 fully saturated rings. The highest BCUT2D eigenvalue weighted by atomic mass is 79.9. The van der Waals surface area contributed by atoms with Crippen molar-refractivity contribution in [2.24, 2.45) is 0 Å². The van der Waals surface area contributed by atoms with Crippen LogP contribution in [0.5, 0.6) is 0 Å². The Balaban J connectivity index is 2.22. The Morgan fingerprint density at radius 1 is 1.50 bits per heavy atom. The number of hydrogen-bond donors (Lipinski definition) is 2. The van der Waals surface area contributed by atoms with E-state index in [-0.39, 0.29) is 6.61 Å². The lowest BCUT2D eigenvalue weighted by Crippen LogP contribution is -2.29. The van der Waals surface area contributed by atoms with E-state index in [9.17, 15) is 5.11 Å². The van der Waals surface area contributed by atoms with E-state index >= 15 is 0 Å². The lowest BCUT2D eigenvalue weighted by molar-refractivity contribution is 0.301. The first-order valence-corrected chi connectivity index (χ1v) is 7.31. The van der Waals surface area contributed by atoms with E-state index in [1.807, 2.05) is 7.05 Å². The normalized spacial score (nSPS) is 16.7. The number of benzene rings is 1. The molecular weight excluding hydrogens is 292 g/mol. The molecule has 0 saturated heterocycles. The molecule has 3 nitrogen and oxygen atoms in total. The molecule has 1 aliphatic carbocycles. The van der Waals surface area contributed by atoms with Crippen molar-refractivity contribution >= 4 is 21.6 Å². The van der Waals surface area contributed by atoms with E-state index in [0.717, 1.165) is 4.47 Å². The summed E-state index contributed by atoms with van der Waals surface area (Å²) in [5.41, 5.74) is 2.46. The molecule has 1 saturated carbocycles. The molecule has 0 amide bonds. The van der Waals surface area contributed by atoms with E-state index in [1.54, 1.807) is 0 Å². The van der Waals surface area contributed by atoms with Crippen molar-refractivity contribution in [2.75, 3.05) is 25.1 Å². The van der Waals surface area contributed by atoms with Crippen LogP contribution in [0.3, 0.4) is 0 Å². The van der Waals surface area contributed by atoms with Gasteiger partial charge in [-0.25, -0.2) is 0 Å². The average Bonchev–Trinajstić information content (AvgIpc) is 3.19. The van der Waals surface area contributed by atoms with Gasteiger partial charge < -0.3 is 15.3 Å². The zero-order valence-corrected chi connectivity index (χ0v) is 12.6. The molecule has 0 aliphatic heterocycles. The summed E-state index contributed by atoms with van der Waals surface area (Å²) in [5.74, 6) is 0. The van der Waals surface area contributed by atoms with Crippen LogP contribution < -0.4 is 10.2 Å². The number of hydrogen-bond acceptors (Lipinski definition) is 3. The summed E-state index contributed by atoms with van der Waals surface area (Å²) in [6.45, 7) is 3.07. The van der Waals surface area contributed by atoms with Gasteiger partial charge in [-0.2, -0.15) is 0 Å². The molecule has 1 aliphatic rings. The minimum Gasteiger partial charge on any atom is -0.395 e. The molecule has 2 N–H and O–H groups in total. The molecule has 1 atom stereocenters. The molecule has 0 bridgehead atoms. The molecular formula is C14H21BrN2O. The van der Waals surface area contributed by atoms with Crippen molar-refractivity contribution < 1.29 is 5.11 Å². The number of aliphatic hydroxyl groups excluding tert-OH is 1. The highest BCUT2D eigenvalue weighted by Crippen LogP contribution is 2.36. The molecule has 100 valence electrons. The maximum atomic E-state index is 9.18. The minimum absolute atomic E-state index is 0.206. The number of rotatable bonds is 6. The molecule has 0 radical (unpaired) electrons. The summed E-state index contributed by atoms with van der Waals surface area (Å²) >= 11 is 3.66. The summed E-state index contributed by atoms with van der Waals surface area (Å²) in [5, 5.41) is 12.4. The molecule has 1 aromatic carbocycles. The number of anilines is 1. The van der Waals surface area contributed by atoms with Crippen LogP contribution in [0, 0.1) is 0 Å². The van der Waals surface area contributed by atoms with Crippen LogP contribution >= 0.6 is 15.9 Å². The second-order valence-electron chi connectivity index (χ2n) is 4.87. The van der Waals surface area contributed by atoms with Crippen LogP contribution in [0.2, 0.25) is 0 Å². The monoisotopic (exact) mass is 312 g/mol. The molecule has 0 spiro atoms. The Morgan fingerprint density at radius 2 is 2.22 bits per heavy atom. The van der Waals surface area contributed by atoms with E-state index < -0.39 is 0 Å². The molecule has 1 aromatic rings. The van der Waals surface area contributed by atoms with Gasteiger partial charge in [-0.15, -0.1) is 0 Å². The summed E-state index contributed by atoms with van der Waals surface area (Å²) in [7, 11) is 1.97. The van der Waals surface area contributed by atoms with Crippen LogP contribution in [0.1, 0.15) is 31.4 Å². The molecule has 2 rings (SSSR count). The summed E-state index contributed by atoms with van der Waals surface area (Å²) in [6, 6.07) is 7.45. The lowest BCUT2D eigenvalue weighted by Gasteiger charge is -2.25. The van der Waals surface area contributed by atoms with Crippen molar-refractivity contribution in [2.45, 2.75) is 31.8 Å². The van der Waals surface area contributed by atoms with Crippen molar-refractivity contribution in [3.05, 3.63) is 28.2 Å². The quantitative estimate of drug-likeness (QED) is 0.848. The van der Waals surface area contributed by atoms with Gasteiger partial charge in [0.25, 0.3) is 0 Å². The van der Waals surface area contributed by atoms with Gasteiger partial charge in [0.05, 0.1) is 12.3 Å². The van der Waals surface area contributed by atoms with Crippen molar-refractivity contribution in [1.82, 2.24) is 5.32 Å². The maximum Gasteiger partial charge on any atom is 0.0606 e. The first-order chi connectivity index (χ1) is 8.67. The third-order valence-corrected chi connectivity index (χ3v) is 4.18. The smallest absolute Gasteiger partial charge is 0.0606 e. The van der Waals surface area contributed by atoms with E-state index in [2.05, 4.69) is 51.3 Å². The first-order valence-electron chi connectivity index (χ1n) is 6.51. The van der Waals surface area contributed by atoms with Gasteiger partial charge in [0, 0.05) is 23.1 Å². The van der Waals surface area contributed by atoms with Crippen LogP contribution in [0.4, 0.5) is 5.69 Å². The predicted molar refractivity (Wildman–Crippen MR) is 79.1 cm³/mol. The Labute approximate surface area is 117 Å². The predicted octanol–water partition coefficient (Wildman–Crippen LogP) is 2.69. The number of nitrogens with zero attached hydrogens (tertiary/aromatic N) is 1. The highest BCUT2D eigenvalue weighted by molar-refractivity contribution is 9.10. The van der Waals surface area contributed by atoms with Crippen molar-refractivity contribution in [1.29, 1.82) is 0 Å². The summed E-state index contributed by atoms with van der Waals surface area (Å²) in [6.07, 6.45) is 2.47. The van der Waals surface area contributed by atoms with Gasteiger partial charge in [-0.1, -0.05) is 6.07 Å². The van der Waals surface area contributed by atoms with E-state index in [0.29, 0.717) is 18.6 Å². The van der Waals surface area contributed by atoms with Gasteiger partial charge in [0.15, 0.2) is 0 Å². The zero-order valence-electron chi connectivity index (χ0n) is 11.0. The summed E-state index contributed by atoms with van der Waals surface area (Å²) in [4.78, 5) is 2.30. The van der Waals surface area contributed by atoms with E-state index in [1.165, 1.54) is 24.1 Å². The second-order valence-corrected chi connectivity index (χ2v) is 5.72. The highest BCUT2D eigenvalue weighted by Gasteiger charge is 2.29. The van der Waals surface area contributed by atoms with Crippen LogP contribution in [-0.2, 0) is 0 Å². The molecule has 1 unspecified atom stereocenters. The molecule has 18 heavy (non-hydrogen) atoms. The fourth-order valence-electron chi connectivity index (χ4n) is 2.19. The molecule has 4 heteroatoms. The van der Waals surface area contributed by atoms with Crippen LogP contribution in [-0.4, -0.2) is 31.3 Å². The standard InChI is InChI=1S/C14H21BrN2O/c1-10(16-2)11-3-6-14(13(15)9-11)17(7-8-18)12-4-5-12/h3,6,9-10,12,16,18H,4-5,7-8H2,1-2H3. The Hall–Kier alpha value is -0.580. The van der Waals surface area contributed by atoms with Gasteiger partial charge in [0.1, 0.15) is 0 Å². The third-order valence-electron chi connectivity index (χ3n) is 3.54. The van der Waals surface area contributed by atoms with Gasteiger partial charge in [0.2, 0.25) is 0 Å². The Morgan fingerprint density at radius 3 is 2.72 bits per heavy atom. The first kappa shape index (κ1) is 13.8. The van der Waals surface area contributed by atoms with Crippen LogP contribution in [0.25, 0.3) is 0 Å². The number of nitrogens with one attached hydrogen (secondary N) is 1. The topological polar surface area (TPSA) is 35.5 Å². The Kier molecular flexibility index (Phi) is 4.65. The van der Waals surface area contributed by atoms with Crippen molar-refractivity contribution in [3.8, 4) is 0 Å². The average molecular weight is 313 g/mol. The van der Waals surface area contributed by atoms with Crippen molar-refractivity contribution in [3.63, 3.8) is 0 Å². The summed E-state index contributed by atoms with van der Waals surface area (Å²) < 4.78 is 1.11. The zero-order chi connectivity index (χ0) is 13.1. The largest absolute Gasteiger partial charge is 0.395 e. The number of halogens is 1.